The predicted molar refractivity (Wildman–Crippen MR) is 59.9 cm³/mol. The minimum Gasteiger partial charge on any atom is -0.353 e. The summed E-state index contributed by atoms with van der Waals surface area (Å²) in [6.45, 7) is -0.550. The van der Waals surface area contributed by atoms with Crippen molar-refractivity contribution in [1.82, 2.24) is 9.88 Å². The van der Waals surface area contributed by atoms with Crippen LogP contribution in [0.15, 0.2) is 12.3 Å². The first-order valence-electron chi connectivity index (χ1n) is 5.30. The number of nitro groups is 1. The summed E-state index contributed by atoms with van der Waals surface area (Å²) < 4.78 is 35.9. The molecule has 0 unspecified atom stereocenters. The molecule has 0 atom stereocenters. The van der Waals surface area contributed by atoms with Gasteiger partial charge in [0.15, 0.2) is 5.78 Å². The number of hydrogen-bond acceptors (Lipinski definition) is 4. The highest BCUT2D eigenvalue weighted by molar-refractivity contribution is 5.96. The van der Waals surface area contributed by atoms with Crippen molar-refractivity contribution in [2.24, 2.45) is 0 Å². The van der Waals surface area contributed by atoms with Crippen molar-refractivity contribution in [3.05, 3.63) is 28.1 Å². The van der Waals surface area contributed by atoms with E-state index in [2.05, 4.69) is 4.98 Å². The van der Waals surface area contributed by atoms with E-state index in [1.165, 1.54) is 11.9 Å². The van der Waals surface area contributed by atoms with Gasteiger partial charge in [0.25, 0.3) is 5.69 Å². The Morgan fingerprint density at radius 1 is 1.53 bits per heavy atom. The van der Waals surface area contributed by atoms with Crippen molar-refractivity contribution in [1.29, 1.82) is 0 Å². The second kappa shape index (κ2) is 5.83. The molecule has 0 aliphatic carbocycles. The zero-order chi connectivity index (χ0) is 14.6. The number of ketones is 1. The number of Topliss-reactive ketones (excluding diaryl/α,β-unsaturated/α-hetero) is 1. The van der Waals surface area contributed by atoms with E-state index in [-0.39, 0.29) is 24.5 Å². The van der Waals surface area contributed by atoms with Crippen LogP contribution in [-0.4, -0.2) is 46.9 Å². The van der Waals surface area contributed by atoms with E-state index in [1.54, 1.807) is 0 Å². The summed E-state index contributed by atoms with van der Waals surface area (Å²) in [7, 11) is 1.38. The van der Waals surface area contributed by atoms with Crippen LogP contribution in [0.25, 0.3) is 0 Å². The first-order chi connectivity index (χ1) is 8.69. The fourth-order valence-corrected chi connectivity index (χ4v) is 1.38. The summed E-state index contributed by atoms with van der Waals surface area (Å²) in [5.74, 6) is -0.502. The van der Waals surface area contributed by atoms with E-state index in [0.717, 1.165) is 12.3 Å². The second-order valence-electron chi connectivity index (χ2n) is 4.05. The van der Waals surface area contributed by atoms with E-state index < -0.39 is 23.3 Å². The summed E-state index contributed by atoms with van der Waals surface area (Å²) in [4.78, 5) is 25.0. The Labute approximate surface area is 106 Å². The lowest BCUT2D eigenvalue weighted by atomic mass is 10.2. The van der Waals surface area contributed by atoms with Gasteiger partial charge in [0.1, 0.15) is 0 Å². The molecule has 0 aliphatic rings. The minimum absolute atomic E-state index is 0.00515. The number of nitrogens with zero attached hydrogens (tertiary/aromatic N) is 2. The lowest BCUT2D eigenvalue weighted by Gasteiger charge is -2.16. The van der Waals surface area contributed by atoms with Crippen LogP contribution in [0.5, 0.6) is 0 Å². The molecule has 0 radical (unpaired) electrons. The first kappa shape index (κ1) is 15.2. The topological polar surface area (TPSA) is 79.2 Å². The van der Waals surface area contributed by atoms with Gasteiger partial charge in [0, 0.05) is 12.6 Å². The molecule has 0 bridgehead atoms. The zero-order valence-corrected chi connectivity index (χ0v) is 10.0. The van der Waals surface area contributed by atoms with E-state index >= 15 is 0 Å². The Bertz CT molecular complexity index is 470. The number of likely N-dealkylation sites (N-methyl/N-ethyl adjacent to an activating group) is 1. The summed E-state index contributed by atoms with van der Waals surface area (Å²) in [5.41, 5.74) is -0.258. The normalized spacial score (nSPS) is 11.8. The van der Waals surface area contributed by atoms with Gasteiger partial charge in [-0.1, -0.05) is 0 Å². The van der Waals surface area contributed by atoms with Crippen molar-refractivity contribution in [3.8, 4) is 0 Å². The van der Waals surface area contributed by atoms with Crippen LogP contribution in [0.3, 0.4) is 0 Å². The summed E-state index contributed by atoms with van der Waals surface area (Å²) in [6.07, 6.45) is -4.23. The van der Waals surface area contributed by atoms with Crippen LogP contribution < -0.4 is 0 Å². The molecule has 1 rings (SSSR count). The van der Waals surface area contributed by atoms with E-state index in [0.29, 0.717) is 0 Å². The van der Waals surface area contributed by atoms with Gasteiger partial charge in [-0.3, -0.25) is 19.8 Å². The molecule has 9 heteroatoms. The minimum atomic E-state index is -4.28. The van der Waals surface area contributed by atoms with Crippen molar-refractivity contribution >= 4 is 11.5 Å². The molecule has 0 aliphatic heterocycles. The molecule has 0 aromatic carbocycles. The van der Waals surface area contributed by atoms with Gasteiger partial charge in [0.05, 0.1) is 29.8 Å². The van der Waals surface area contributed by atoms with Gasteiger partial charge in [-0.2, -0.15) is 13.2 Å². The molecular weight excluding hydrogens is 267 g/mol. The Morgan fingerprint density at radius 2 is 2.16 bits per heavy atom. The smallest absolute Gasteiger partial charge is 0.353 e. The van der Waals surface area contributed by atoms with E-state index in [4.69, 9.17) is 0 Å². The number of aromatic amines is 1. The lowest BCUT2D eigenvalue weighted by Crippen LogP contribution is -2.29. The van der Waals surface area contributed by atoms with Gasteiger partial charge >= 0.3 is 6.18 Å². The van der Waals surface area contributed by atoms with Crippen molar-refractivity contribution in [3.63, 3.8) is 0 Å². The molecule has 1 N–H and O–H groups in total. The molecule has 1 aromatic heterocycles. The third-order valence-electron chi connectivity index (χ3n) is 2.37. The van der Waals surface area contributed by atoms with Crippen molar-refractivity contribution < 1.29 is 22.9 Å². The van der Waals surface area contributed by atoms with Crippen LogP contribution in [0.4, 0.5) is 18.9 Å². The van der Waals surface area contributed by atoms with Gasteiger partial charge in [-0.15, -0.1) is 0 Å². The molecule has 106 valence electrons. The van der Waals surface area contributed by atoms with Gasteiger partial charge < -0.3 is 4.98 Å². The second-order valence-corrected chi connectivity index (χ2v) is 4.05. The maximum absolute atomic E-state index is 12.0. The number of halogens is 3. The van der Waals surface area contributed by atoms with Crippen molar-refractivity contribution in [2.75, 3.05) is 20.1 Å². The standard InChI is InChI=1S/C10H12F3N3O3/c1-15(3-2-10(11,12)13)6-9(17)8-4-7(5-14-8)16(18)19/h4-5,14H,2-3,6H2,1H3. The first-order valence-corrected chi connectivity index (χ1v) is 5.30. The predicted octanol–water partition coefficient (Wildman–Crippen LogP) is 1.99. The molecule has 1 heterocycles. The Kier molecular flexibility index (Phi) is 4.65. The zero-order valence-electron chi connectivity index (χ0n) is 10.0. The Hall–Kier alpha value is -1.90. The highest BCUT2D eigenvalue weighted by Crippen LogP contribution is 2.19. The number of hydrogen-bond donors (Lipinski definition) is 1. The van der Waals surface area contributed by atoms with E-state index in [9.17, 15) is 28.1 Å². The van der Waals surface area contributed by atoms with Crippen LogP contribution >= 0.6 is 0 Å². The third kappa shape index (κ3) is 5.08. The van der Waals surface area contributed by atoms with Gasteiger partial charge in [-0.05, 0) is 7.05 Å². The summed E-state index contributed by atoms with van der Waals surface area (Å²) in [5, 5.41) is 10.4. The molecular formula is C10H12F3N3O3. The highest BCUT2D eigenvalue weighted by atomic mass is 19.4. The summed E-state index contributed by atoms with van der Waals surface area (Å²) >= 11 is 0. The van der Waals surface area contributed by atoms with E-state index in [1.807, 2.05) is 0 Å². The molecule has 0 amide bonds. The quantitative estimate of drug-likeness (QED) is 0.490. The average Bonchev–Trinajstić information content (AvgIpc) is 2.74. The van der Waals surface area contributed by atoms with Gasteiger partial charge in [-0.25, -0.2) is 0 Å². The maximum Gasteiger partial charge on any atom is 0.390 e. The molecule has 6 nitrogen and oxygen atoms in total. The van der Waals surface area contributed by atoms with Crippen molar-refractivity contribution in [2.45, 2.75) is 12.6 Å². The molecule has 1 aromatic rings. The largest absolute Gasteiger partial charge is 0.390 e. The Balaban J connectivity index is 2.52. The monoisotopic (exact) mass is 279 g/mol. The van der Waals surface area contributed by atoms with Gasteiger partial charge in [0.2, 0.25) is 0 Å². The number of carbonyl (C=O) groups excluding carboxylic acids is 1. The average molecular weight is 279 g/mol. The fourth-order valence-electron chi connectivity index (χ4n) is 1.38. The molecule has 0 spiro atoms. The number of carbonyl (C=O) groups is 1. The third-order valence-corrected chi connectivity index (χ3v) is 2.37. The number of alkyl halides is 3. The number of rotatable bonds is 6. The molecule has 0 saturated heterocycles. The maximum atomic E-state index is 12.0. The molecule has 0 fully saturated rings. The lowest BCUT2D eigenvalue weighted by molar-refractivity contribution is -0.384. The fraction of sp³-hybridized carbons (Fsp3) is 0.500. The number of nitrogens with one attached hydrogen (secondary N) is 1. The van der Waals surface area contributed by atoms with Crippen LogP contribution in [0, 0.1) is 10.1 Å². The SMILES string of the molecule is CN(CCC(F)(F)F)CC(=O)c1cc([N+](=O)[O-])c[nH]1. The molecule has 0 saturated carbocycles. The summed E-state index contributed by atoms with van der Waals surface area (Å²) in [6, 6.07) is 1.06. The van der Waals surface area contributed by atoms with Crippen LogP contribution in [0.1, 0.15) is 16.9 Å². The highest BCUT2D eigenvalue weighted by Gasteiger charge is 2.27. The molecule has 19 heavy (non-hydrogen) atoms. The number of aromatic nitrogens is 1. The van der Waals surface area contributed by atoms with Crippen LogP contribution in [-0.2, 0) is 0 Å². The number of H-pyrrole nitrogens is 1. The Morgan fingerprint density at radius 3 is 2.63 bits per heavy atom. The van der Waals surface area contributed by atoms with Crippen LogP contribution in [0.2, 0.25) is 0 Å².